The average Bonchev–Trinajstić information content (AvgIpc) is 2.76. The summed E-state index contributed by atoms with van der Waals surface area (Å²) in [6.07, 6.45) is 2.33. The topological polar surface area (TPSA) is 48.7 Å². The molecule has 0 aliphatic rings. The van der Waals surface area contributed by atoms with Gasteiger partial charge in [0, 0.05) is 13.7 Å². The lowest BCUT2D eigenvalue weighted by Crippen LogP contribution is -2.13. The average molecular weight is 212 g/mol. The quantitative estimate of drug-likeness (QED) is 0.677. The lowest BCUT2D eigenvalue weighted by atomic mass is 10.1. The SMILES string of the molecule is COCCC(C)COC(=O)c1ccco1. The van der Waals surface area contributed by atoms with Gasteiger partial charge in [-0.2, -0.15) is 0 Å². The van der Waals surface area contributed by atoms with Crippen molar-refractivity contribution in [3.8, 4) is 0 Å². The van der Waals surface area contributed by atoms with Gasteiger partial charge in [0.05, 0.1) is 12.9 Å². The molecule has 0 fully saturated rings. The first-order valence-electron chi connectivity index (χ1n) is 4.93. The summed E-state index contributed by atoms with van der Waals surface area (Å²) in [4.78, 5) is 11.3. The van der Waals surface area contributed by atoms with Crippen LogP contribution < -0.4 is 0 Å². The van der Waals surface area contributed by atoms with Crippen molar-refractivity contribution in [1.82, 2.24) is 0 Å². The molecule has 0 aromatic carbocycles. The molecule has 0 amide bonds. The second-order valence-corrected chi connectivity index (χ2v) is 3.46. The van der Waals surface area contributed by atoms with Crippen molar-refractivity contribution >= 4 is 5.97 Å². The third-order valence-electron chi connectivity index (χ3n) is 2.04. The van der Waals surface area contributed by atoms with Gasteiger partial charge in [-0.25, -0.2) is 4.79 Å². The van der Waals surface area contributed by atoms with Crippen LogP contribution in [0.15, 0.2) is 22.8 Å². The standard InChI is InChI=1S/C11H16O4/c1-9(5-7-13-2)8-15-11(12)10-4-3-6-14-10/h3-4,6,9H,5,7-8H2,1-2H3. The van der Waals surface area contributed by atoms with E-state index in [2.05, 4.69) is 0 Å². The molecule has 0 bridgehead atoms. The maximum absolute atomic E-state index is 11.3. The molecule has 0 saturated heterocycles. The number of rotatable bonds is 6. The molecule has 0 saturated carbocycles. The van der Waals surface area contributed by atoms with Crippen LogP contribution in [0.3, 0.4) is 0 Å². The molecule has 1 heterocycles. The Morgan fingerprint density at radius 2 is 2.40 bits per heavy atom. The molecule has 0 aliphatic carbocycles. The summed E-state index contributed by atoms with van der Waals surface area (Å²) in [5, 5.41) is 0. The number of esters is 1. The molecule has 0 aliphatic heterocycles. The van der Waals surface area contributed by atoms with Crippen LogP contribution in [-0.2, 0) is 9.47 Å². The second kappa shape index (κ2) is 6.24. The number of hydrogen-bond acceptors (Lipinski definition) is 4. The van der Waals surface area contributed by atoms with E-state index >= 15 is 0 Å². The van der Waals surface area contributed by atoms with E-state index in [9.17, 15) is 4.79 Å². The van der Waals surface area contributed by atoms with Crippen molar-refractivity contribution in [2.24, 2.45) is 5.92 Å². The van der Waals surface area contributed by atoms with Gasteiger partial charge in [-0.15, -0.1) is 0 Å². The van der Waals surface area contributed by atoms with Crippen LogP contribution >= 0.6 is 0 Å². The molecule has 0 N–H and O–H groups in total. The Labute approximate surface area is 89.2 Å². The Morgan fingerprint density at radius 1 is 1.60 bits per heavy atom. The highest BCUT2D eigenvalue weighted by atomic mass is 16.5. The zero-order chi connectivity index (χ0) is 11.1. The van der Waals surface area contributed by atoms with E-state index in [-0.39, 0.29) is 5.76 Å². The normalized spacial score (nSPS) is 12.4. The van der Waals surface area contributed by atoms with E-state index in [1.807, 2.05) is 6.92 Å². The molecule has 0 spiro atoms. The first-order chi connectivity index (χ1) is 7.24. The van der Waals surface area contributed by atoms with Gasteiger partial charge in [-0.05, 0) is 24.5 Å². The van der Waals surface area contributed by atoms with E-state index in [1.54, 1.807) is 19.2 Å². The third-order valence-corrected chi connectivity index (χ3v) is 2.04. The fraction of sp³-hybridized carbons (Fsp3) is 0.545. The lowest BCUT2D eigenvalue weighted by molar-refractivity contribution is 0.0389. The molecule has 1 aromatic rings. The number of furan rings is 1. The summed E-state index contributed by atoms with van der Waals surface area (Å²) < 4.78 is 14.9. The Bertz CT molecular complexity index is 279. The van der Waals surface area contributed by atoms with Crippen LogP contribution in [-0.4, -0.2) is 26.3 Å². The number of hydrogen-bond donors (Lipinski definition) is 0. The molecule has 1 aromatic heterocycles. The second-order valence-electron chi connectivity index (χ2n) is 3.46. The van der Waals surface area contributed by atoms with Crippen LogP contribution in [0.4, 0.5) is 0 Å². The van der Waals surface area contributed by atoms with Crippen LogP contribution in [0.25, 0.3) is 0 Å². The van der Waals surface area contributed by atoms with E-state index in [0.717, 1.165) is 6.42 Å². The van der Waals surface area contributed by atoms with Crippen LogP contribution in [0.1, 0.15) is 23.9 Å². The first-order valence-corrected chi connectivity index (χ1v) is 4.93. The first kappa shape index (κ1) is 11.8. The molecule has 4 heteroatoms. The van der Waals surface area contributed by atoms with Gasteiger partial charge in [0.1, 0.15) is 0 Å². The predicted molar refractivity (Wildman–Crippen MR) is 54.6 cm³/mol. The van der Waals surface area contributed by atoms with E-state index in [4.69, 9.17) is 13.9 Å². The summed E-state index contributed by atoms with van der Waals surface area (Å²) >= 11 is 0. The zero-order valence-corrected chi connectivity index (χ0v) is 9.06. The Balaban J connectivity index is 2.22. The third kappa shape index (κ3) is 4.16. The summed E-state index contributed by atoms with van der Waals surface area (Å²) in [5.41, 5.74) is 0. The van der Waals surface area contributed by atoms with Crippen molar-refractivity contribution in [3.63, 3.8) is 0 Å². The number of methoxy groups -OCH3 is 1. The summed E-state index contributed by atoms with van der Waals surface area (Å²) in [6, 6.07) is 3.24. The summed E-state index contributed by atoms with van der Waals surface area (Å²) in [6.45, 7) is 3.08. The molecule has 84 valence electrons. The van der Waals surface area contributed by atoms with E-state index in [0.29, 0.717) is 19.1 Å². The molecule has 15 heavy (non-hydrogen) atoms. The highest BCUT2D eigenvalue weighted by molar-refractivity contribution is 5.86. The molecule has 0 radical (unpaired) electrons. The highest BCUT2D eigenvalue weighted by Crippen LogP contribution is 2.06. The molecule has 1 unspecified atom stereocenters. The maximum atomic E-state index is 11.3. The number of carbonyl (C=O) groups excluding carboxylic acids is 1. The number of carbonyl (C=O) groups is 1. The predicted octanol–water partition coefficient (Wildman–Crippen LogP) is 2.11. The van der Waals surface area contributed by atoms with Gasteiger partial charge < -0.3 is 13.9 Å². The molecular formula is C11H16O4. The van der Waals surface area contributed by atoms with Crippen molar-refractivity contribution < 1.29 is 18.7 Å². The Hall–Kier alpha value is -1.29. The van der Waals surface area contributed by atoms with Crippen LogP contribution in [0, 0.1) is 5.92 Å². The minimum Gasteiger partial charge on any atom is -0.460 e. The van der Waals surface area contributed by atoms with Gasteiger partial charge in [0.25, 0.3) is 0 Å². The monoisotopic (exact) mass is 212 g/mol. The van der Waals surface area contributed by atoms with E-state index < -0.39 is 5.97 Å². The van der Waals surface area contributed by atoms with Crippen LogP contribution in [0.5, 0.6) is 0 Å². The van der Waals surface area contributed by atoms with Crippen molar-refractivity contribution in [2.45, 2.75) is 13.3 Å². The summed E-state index contributed by atoms with van der Waals surface area (Å²) in [7, 11) is 1.65. The fourth-order valence-electron chi connectivity index (χ4n) is 1.09. The summed E-state index contributed by atoms with van der Waals surface area (Å²) in [5.74, 6) is 0.127. The van der Waals surface area contributed by atoms with E-state index in [1.165, 1.54) is 6.26 Å². The smallest absolute Gasteiger partial charge is 0.374 e. The van der Waals surface area contributed by atoms with Crippen molar-refractivity contribution in [2.75, 3.05) is 20.3 Å². The molecule has 1 rings (SSSR count). The zero-order valence-electron chi connectivity index (χ0n) is 9.06. The minimum absolute atomic E-state index is 0.244. The Morgan fingerprint density at radius 3 is 3.00 bits per heavy atom. The molecule has 1 atom stereocenters. The number of ether oxygens (including phenoxy) is 2. The van der Waals surface area contributed by atoms with Gasteiger partial charge in [-0.3, -0.25) is 0 Å². The minimum atomic E-state index is -0.413. The van der Waals surface area contributed by atoms with Gasteiger partial charge in [0.2, 0.25) is 5.76 Å². The van der Waals surface area contributed by atoms with Gasteiger partial charge >= 0.3 is 5.97 Å². The van der Waals surface area contributed by atoms with Crippen molar-refractivity contribution in [3.05, 3.63) is 24.2 Å². The molecule has 4 nitrogen and oxygen atoms in total. The molecular weight excluding hydrogens is 196 g/mol. The maximum Gasteiger partial charge on any atom is 0.374 e. The van der Waals surface area contributed by atoms with Crippen molar-refractivity contribution in [1.29, 1.82) is 0 Å². The van der Waals surface area contributed by atoms with Gasteiger partial charge in [0.15, 0.2) is 0 Å². The lowest BCUT2D eigenvalue weighted by Gasteiger charge is -2.10. The van der Waals surface area contributed by atoms with Gasteiger partial charge in [-0.1, -0.05) is 6.92 Å². The fourth-order valence-corrected chi connectivity index (χ4v) is 1.09. The highest BCUT2D eigenvalue weighted by Gasteiger charge is 2.11. The largest absolute Gasteiger partial charge is 0.460 e. The van der Waals surface area contributed by atoms with Crippen LogP contribution in [0.2, 0.25) is 0 Å². The Kier molecular flexibility index (Phi) is 4.90.